The lowest BCUT2D eigenvalue weighted by molar-refractivity contribution is 0.669. The highest BCUT2D eigenvalue weighted by Crippen LogP contribution is 2.51. The third-order valence-corrected chi connectivity index (χ3v) is 17.3. The minimum absolute atomic E-state index is 0.902. The Morgan fingerprint density at radius 2 is 0.613 bits per heavy atom. The molecule has 0 spiro atoms. The molecule has 0 saturated heterocycles. The first-order chi connectivity index (χ1) is 37.2. The minimum atomic E-state index is 0.902. The van der Waals surface area contributed by atoms with Gasteiger partial charge in [-0.25, -0.2) is 0 Å². The van der Waals surface area contributed by atoms with Crippen LogP contribution in [0.25, 0.3) is 173 Å². The Morgan fingerprint density at radius 3 is 1.08 bits per heavy atom. The summed E-state index contributed by atoms with van der Waals surface area (Å²) in [7, 11) is 0. The Morgan fingerprint density at radius 1 is 0.227 bits per heavy atom. The van der Waals surface area contributed by atoms with Crippen molar-refractivity contribution in [1.29, 1.82) is 0 Å². The van der Waals surface area contributed by atoms with Gasteiger partial charge in [0.15, 0.2) is 0 Å². The van der Waals surface area contributed by atoms with E-state index < -0.39 is 0 Å². The van der Waals surface area contributed by atoms with Crippen LogP contribution in [-0.4, -0.2) is 0 Å². The molecular formula is C72H40O2S. The molecule has 3 aromatic heterocycles. The number of thiophene rings is 1. The second kappa shape index (κ2) is 15.5. The van der Waals surface area contributed by atoms with E-state index in [-0.39, 0.29) is 0 Å². The van der Waals surface area contributed by atoms with E-state index in [9.17, 15) is 0 Å². The molecule has 3 heterocycles. The van der Waals surface area contributed by atoms with Crippen molar-refractivity contribution < 1.29 is 8.83 Å². The number of rotatable bonds is 4. The lowest BCUT2D eigenvalue weighted by atomic mass is 9.84. The van der Waals surface area contributed by atoms with E-state index in [1.807, 2.05) is 11.3 Å². The molecule has 0 atom stereocenters. The van der Waals surface area contributed by atoms with E-state index in [1.54, 1.807) is 0 Å². The quantitative estimate of drug-likeness (QED) is 0.164. The van der Waals surface area contributed by atoms with Gasteiger partial charge in [0.1, 0.15) is 22.3 Å². The van der Waals surface area contributed by atoms with Crippen LogP contribution in [0.1, 0.15) is 0 Å². The van der Waals surface area contributed by atoms with Gasteiger partial charge in [-0.1, -0.05) is 194 Å². The lowest BCUT2D eigenvalue weighted by Gasteiger charge is -2.18. The summed E-state index contributed by atoms with van der Waals surface area (Å²) < 4.78 is 15.5. The standard InChI is InChI=1S/C72H40O2S/c1-3-16-46-41(14-1)29-36-62-70(46)58-38-43(31-34-60(58)73-62)66-48-18-5-7-20-50(48)68(51-21-8-6-19-49(51)66)45-28-33-56-65(40-45)75-64-27-13-26-57(72(56)64)69-54-24-11-9-22-52(54)67(53-23-10-12-25-55(53)69)44-32-35-61-59(39-44)71-47-17-4-2-15-42(47)30-37-63(71)74-61/h1-40H. The summed E-state index contributed by atoms with van der Waals surface area (Å²) in [5, 5.41) is 21.9. The van der Waals surface area contributed by atoms with Crippen LogP contribution in [0, 0.1) is 0 Å². The van der Waals surface area contributed by atoms with E-state index in [0.717, 1.165) is 33.1 Å². The van der Waals surface area contributed by atoms with Crippen molar-refractivity contribution in [3.63, 3.8) is 0 Å². The molecule has 17 aromatic rings. The van der Waals surface area contributed by atoms with Gasteiger partial charge in [-0.15, -0.1) is 11.3 Å². The van der Waals surface area contributed by atoms with Gasteiger partial charge in [0, 0.05) is 41.7 Å². The number of benzene rings is 14. The van der Waals surface area contributed by atoms with Crippen molar-refractivity contribution in [3.8, 4) is 44.5 Å². The number of fused-ring (bicyclic) bond motifs is 17. The van der Waals surface area contributed by atoms with Gasteiger partial charge < -0.3 is 8.83 Å². The van der Waals surface area contributed by atoms with Gasteiger partial charge in [-0.3, -0.25) is 0 Å². The van der Waals surface area contributed by atoms with Crippen molar-refractivity contribution in [2.75, 3.05) is 0 Å². The maximum atomic E-state index is 6.49. The van der Waals surface area contributed by atoms with E-state index >= 15 is 0 Å². The average molecular weight is 969 g/mol. The fourth-order valence-corrected chi connectivity index (χ4v) is 14.2. The highest BCUT2D eigenvalue weighted by atomic mass is 32.1. The first-order valence-electron chi connectivity index (χ1n) is 25.7. The fourth-order valence-electron chi connectivity index (χ4n) is 13.1. The largest absolute Gasteiger partial charge is 0.456 e. The van der Waals surface area contributed by atoms with Gasteiger partial charge in [-0.2, -0.15) is 0 Å². The van der Waals surface area contributed by atoms with Crippen molar-refractivity contribution >= 4 is 140 Å². The zero-order chi connectivity index (χ0) is 48.9. The Balaban J connectivity index is 0.855. The van der Waals surface area contributed by atoms with E-state index in [4.69, 9.17) is 8.83 Å². The molecule has 0 aliphatic heterocycles. The lowest BCUT2D eigenvalue weighted by Crippen LogP contribution is -1.91. The van der Waals surface area contributed by atoms with E-state index in [1.165, 1.54) is 140 Å². The predicted octanol–water partition coefficient (Wildman–Crippen LogP) is 21.4. The van der Waals surface area contributed by atoms with Crippen LogP contribution >= 0.6 is 11.3 Å². The maximum Gasteiger partial charge on any atom is 0.136 e. The molecule has 75 heavy (non-hydrogen) atoms. The van der Waals surface area contributed by atoms with Crippen LogP contribution in [-0.2, 0) is 0 Å². The molecule has 0 amide bonds. The maximum absolute atomic E-state index is 6.49. The van der Waals surface area contributed by atoms with Crippen molar-refractivity contribution in [3.05, 3.63) is 243 Å². The third-order valence-electron chi connectivity index (χ3n) is 16.2. The Kier molecular flexibility index (Phi) is 8.46. The molecular weight excluding hydrogens is 929 g/mol. The molecule has 14 aromatic carbocycles. The zero-order valence-electron chi connectivity index (χ0n) is 40.3. The molecule has 0 bridgehead atoms. The zero-order valence-corrected chi connectivity index (χ0v) is 41.1. The Bertz CT molecular complexity index is 5200. The first-order valence-corrected chi connectivity index (χ1v) is 26.5. The van der Waals surface area contributed by atoms with Gasteiger partial charge in [0.25, 0.3) is 0 Å². The van der Waals surface area contributed by atoms with Gasteiger partial charge in [0.2, 0.25) is 0 Å². The SMILES string of the molecule is c1ccc2c(c1)ccc1oc3ccc(-c4c5ccccc5c(-c5ccc6c(c5)sc5cccc(-c7c8ccccc8c(-c8ccc9oc%10ccc%11ccccc%11c%10c9c8)c8ccccc78)c56)c5ccccc45)cc3c12. The Hall–Kier alpha value is -9.54. The summed E-state index contributed by atoms with van der Waals surface area (Å²) in [6.45, 7) is 0. The number of hydrogen-bond donors (Lipinski definition) is 0. The molecule has 0 unspecified atom stereocenters. The van der Waals surface area contributed by atoms with Crippen LogP contribution in [0.2, 0.25) is 0 Å². The van der Waals surface area contributed by atoms with Crippen LogP contribution in [0.3, 0.4) is 0 Å². The van der Waals surface area contributed by atoms with Gasteiger partial charge in [0.05, 0.1) is 0 Å². The number of hydrogen-bond acceptors (Lipinski definition) is 3. The topological polar surface area (TPSA) is 26.3 Å². The molecule has 0 aliphatic rings. The summed E-state index contributed by atoms with van der Waals surface area (Å²) in [5.41, 5.74) is 13.5. The Labute approximate surface area is 433 Å². The summed E-state index contributed by atoms with van der Waals surface area (Å²) in [5.74, 6) is 0. The molecule has 17 rings (SSSR count). The normalized spacial score (nSPS) is 12.3. The van der Waals surface area contributed by atoms with Crippen LogP contribution in [0.15, 0.2) is 251 Å². The molecule has 0 saturated carbocycles. The van der Waals surface area contributed by atoms with Crippen LogP contribution < -0.4 is 0 Å². The number of furan rings is 2. The monoisotopic (exact) mass is 968 g/mol. The summed E-state index contributed by atoms with van der Waals surface area (Å²) >= 11 is 1.89. The smallest absolute Gasteiger partial charge is 0.136 e. The van der Waals surface area contributed by atoms with Gasteiger partial charge >= 0.3 is 0 Å². The molecule has 0 aliphatic carbocycles. The summed E-state index contributed by atoms with van der Waals surface area (Å²) in [6, 6.07) is 89.4. The second-order valence-electron chi connectivity index (χ2n) is 20.1. The highest BCUT2D eigenvalue weighted by Gasteiger charge is 2.23. The molecule has 0 fully saturated rings. The molecule has 2 nitrogen and oxygen atoms in total. The first kappa shape index (κ1) is 41.0. The van der Waals surface area contributed by atoms with Gasteiger partial charge in [-0.05, 0) is 158 Å². The predicted molar refractivity (Wildman–Crippen MR) is 321 cm³/mol. The van der Waals surface area contributed by atoms with Crippen molar-refractivity contribution in [2.24, 2.45) is 0 Å². The van der Waals surface area contributed by atoms with Crippen LogP contribution in [0.5, 0.6) is 0 Å². The molecule has 0 N–H and O–H groups in total. The van der Waals surface area contributed by atoms with Crippen molar-refractivity contribution in [1.82, 2.24) is 0 Å². The molecule has 346 valence electrons. The minimum Gasteiger partial charge on any atom is -0.456 e. The van der Waals surface area contributed by atoms with E-state index in [2.05, 4.69) is 243 Å². The molecule has 0 radical (unpaired) electrons. The average Bonchev–Trinajstić information content (AvgIpc) is 4.17. The molecule has 3 heteroatoms. The van der Waals surface area contributed by atoms with E-state index in [0.29, 0.717) is 0 Å². The third kappa shape index (κ3) is 5.84. The second-order valence-corrected chi connectivity index (χ2v) is 21.2. The van der Waals surface area contributed by atoms with Crippen LogP contribution in [0.4, 0.5) is 0 Å². The fraction of sp³-hybridized carbons (Fsp3) is 0. The summed E-state index contributed by atoms with van der Waals surface area (Å²) in [6.07, 6.45) is 0. The summed E-state index contributed by atoms with van der Waals surface area (Å²) in [4.78, 5) is 0. The van der Waals surface area contributed by atoms with Crippen molar-refractivity contribution in [2.45, 2.75) is 0 Å². The highest BCUT2D eigenvalue weighted by molar-refractivity contribution is 7.26.